The molecule has 0 unspecified atom stereocenters. The SMILES string of the molecule is O=C([O-])/C=C/c1cccc(N2C(=O)c3ccc(C(=O)[O-])cc3C2=O)c1. The highest BCUT2D eigenvalue weighted by Crippen LogP contribution is 2.29. The summed E-state index contributed by atoms with van der Waals surface area (Å²) in [6.45, 7) is 0. The van der Waals surface area contributed by atoms with E-state index < -0.39 is 23.8 Å². The number of carboxylic acid groups (broad SMARTS) is 2. The van der Waals surface area contributed by atoms with Gasteiger partial charge in [-0.2, -0.15) is 0 Å². The highest BCUT2D eigenvalue weighted by atomic mass is 16.4. The fourth-order valence-corrected chi connectivity index (χ4v) is 2.53. The zero-order valence-corrected chi connectivity index (χ0v) is 12.6. The normalized spacial score (nSPS) is 13.4. The second-order valence-corrected chi connectivity index (χ2v) is 5.24. The number of imide groups is 1. The number of aliphatic carboxylic acids is 1. The van der Waals surface area contributed by atoms with Crippen LogP contribution in [0.1, 0.15) is 36.6 Å². The molecule has 7 nitrogen and oxygen atoms in total. The van der Waals surface area contributed by atoms with Crippen molar-refractivity contribution in [2.24, 2.45) is 0 Å². The number of nitrogens with zero attached hydrogens (tertiary/aromatic N) is 1. The molecule has 0 aliphatic carbocycles. The summed E-state index contributed by atoms with van der Waals surface area (Å²) in [4.78, 5) is 47.3. The summed E-state index contributed by atoms with van der Waals surface area (Å²) in [5, 5.41) is 21.4. The van der Waals surface area contributed by atoms with Crippen LogP contribution in [-0.4, -0.2) is 23.8 Å². The summed E-state index contributed by atoms with van der Waals surface area (Å²) in [6, 6.07) is 9.68. The Labute approximate surface area is 141 Å². The lowest BCUT2D eigenvalue weighted by atomic mass is 10.1. The van der Waals surface area contributed by atoms with E-state index >= 15 is 0 Å². The van der Waals surface area contributed by atoms with Gasteiger partial charge in [0.1, 0.15) is 0 Å². The van der Waals surface area contributed by atoms with E-state index in [4.69, 9.17) is 0 Å². The van der Waals surface area contributed by atoms with Crippen molar-refractivity contribution < 1.29 is 29.4 Å². The summed E-state index contributed by atoms with van der Waals surface area (Å²) in [7, 11) is 0. The highest BCUT2D eigenvalue weighted by molar-refractivity contribution is 6.34. The molecule has 0 spiro atoms. The first-order valence-electron chi connectivity index (χ1n) is 7.12. The number of carbonyl (C=O) groups is 4. The number of carboxylic acids is 2. The van der Waals surface area contributed by atoms with E-state index in [9.17, 15) is 29.4 Å². The number of amides is 2. The van der Waals surface area contributed by atoms with Gasteiger partial charge in [-0.15, -0.1) is 0 Å². The van der Waals surface area contributed by atoms with Crippen molar-refractivity contribution in [1.29, 1.82) is 0 Å². The number of anilines is 1. The number of benzene rings is 2. The first kappa shape index (κ1) is 16.1. The largest absolute Gasteiger partial charge is 0.545 e. The van der Waals surface area contributed by atoms with Crippen LogP contribution in [-0.2, 0) is 4.79 Å². The average molecular weight is 335 g/mol. The van der Waals surface area contributed by atoms with Crippen molar-refractivity contribution in [3.63, 3.8) is 0 Å². The van der Waals surface area contributed by atoms with Gasteiger partial charge in [0.2, 0.25) is 0 Å². The van der Waals surface area contributed by atoms with Crippen LogP contribution in [0.4, 0.5) is 5.69 Å². The molecule has 0 atom stereocenters. The van der Waals surface area contributed by atoms with Crippen molar-refractivity contribution in [2.75, 3.05) is 4.90 Å². The molecule has 0 radical (unpaired) electrons. The fraction of sp³-hybridized carbons (Fsp3) is 0. The predicted octanol–water partition coefficient (Wildman–Crippen LogP) is -0.386. The van der Waals surface area contributed by atoms with Crippen LogP contribution < -0.4 is 15.1 Å². The van der Waals surface area contributed by atoms with Gasteiger partial charge in [-0.1, -0.05) is 24.3 Å². The first-order valence-corrected chi connectivity index (χ1v) is 7.12. The minimum absolute atomic E-state index is 0.0256. The van der Waals surface area contributed by atoms with Crippen LogP contribution in [0, 0.1) is 0 Å². The molecule has 0 fully saturated rings. The van der Waals surface area contributed by atoms with Gasteiger partial charge in [-0.05, 0) is 41.5 Å². The molecule has 2 aromatic rings. The Bertz CT molecular complexity index is 960. The van der Waals surface area contributed by atoms with Crippen LogP contribution in [0.3, 0.4) is 0 Å². The van der Waals surface area contributed by atoms with Crippen LogP contribution in [0.25, 0.3) is 6.08 Å². The minimum atomic E-state index is -1.45. The van der Waals surface area contributed by atoms with E-state index in [1.807, 2.05) is 0 Å². The molecule has 2 amide bonds. The maximum absolute atomic E-state index is 12.5. The molecule has 7 heteroatoms. The van der Waals surface area contributed by atoms with Crippen LogP contribution in [0.5, 0.6) is 0 Å². The Morgan fingerprint density at radius 1 is 0.920 bits per heavy atom. The third-order valence-electron chi connectivity index (χ3n) is 3.66. The van der Waals surface area contributed by atoms with Crippen molar-refractivity contribution in [1.82, 2.24) is 0 Å². The van der Waals surface area contributed by atoms with Crippen LogP contribution in [0.2, 0.25) is 0 Å². The highest BCUT2D eigenvalue weighted by Gasteiger charge is 2.36. The Kier molecular flexibility index (Phi) is 3.90. The standard InChI is InChI=1S/C18H11NO6/c20-15(21)7-4-10-2-1-3-12(8-10)19-16(22)13-6-5-11(18(24)25)9-14(13)17(19)23/h1-9H,(H,20,21)(H,24,25)/p-2/b7-4+. The van der Waals surface area contributed by atoms with E-state index in [0.29, 0.717) is 5.56 Å². The van der Waals surface area contributed by atoms with E-state index in [2.05, 4.69) is 0 Å². The van der Waals surface area contributed by atoms with Crippen molar-refractivity contribution in [2.45, 2.75) is 0 Å². The lowest BCUT2D eigenvalue weighted by Crippen LogP contribution is -2.29. The third-order valence-corrected chi connectivity index (χ3v) is 3.66. The molecule has 1 heterocycles. The number of carbonyl (C=O) groups excluding carboxylic acids is 4. The Morgan fingerprint density at radius 2 is 1.64 bits per heavy atom. The Hall–Kier alpha value is -3.74. The molecule has 0 saturated heterocycles. The molecule has 1 aliphatic rings. The summed E-state index contributed by atoms with van der Waals surface area (Å²) in [5.41, 5.74) is 0.552. The van der Waals surface area contributed by atoms with Crippen LogP contribution in [0.15, 0.2) is 48.5 Å². The van der Waals surface area contributed by atoms with Gasteiger partial charge in [0.05, 0.1) is 28.8 Å². The van der Waals surface area contributed by atoms with Gasteiger partial charge in [-0.25, -0.2) is 4.90 Å². The minimum Gasteiger partial charge on any atom is -0.545 e. The van der Waals surface area contributed by atoms with Gasteiger partial charge < -0.3 is 19.8 Å². The molecule has 25 heavy (non-hydrogen) atoms. The summed E-state index contributed by atoms with van der Waals surface area (Å²) in [5.74, 6) is -4.08. The molecule has 3 rings (SSSR count). The summed E-state index contributed by atoms with van der Waals surface area (Å²) >= 11 is 0. The second kappa shape index (κ2) is 6.04. The van der Waals surface area contributed by atoms with Gasteiger partial charge in [-0.3, -0.25) is 9.59 Å². The van der Waals surface area contributed by atoms with Crippen LogP contribution >= 0.6 is 0 Å². The van der Waals surface area contributed by atoms with Gasteiger partial charge in [0, 0.05) is 0 Å². The average Bonchev–Trinajstić information content (AvgIpc) is 2.84. The molecule has 124 valence electrons. The van der Waals surface area contributed by atoms with E-state index in [1.54, 1.807) is 12.1 Å². The third kappa shape index (κ3) is 2.90. The Morgan fingerprint density at radius 3 is 2.32 bits per heavy atom. The van der Waals surface area contributed by atoms with E-state index in [1.165, 1.54) is 30.3 Å². The van der Waals surface area contributed by atoms with Gasteiger partial charge in [0.15, 0.2) is 0 Å². The molecule has 0 saturated carbocycles. The van der Waals surface area contributed by atoms with Crippen molar-refractivity contribution >= 4 is 35.5 Å². The van der Waals surface area contributed by atoms with E-state index in [0.717, 1.165) is 17.0 Å². The van der Waals surface area contributed by atoms with Gasteiger partial charge >= 0.3 is 0 Å². The maximum Gasteiger partial charge on any atom is 0.266 e. The number of rotatable bonds is 4. The molecular formula is C18H9NO6-2. The first-order chi connectivity index (χ1) is 11.9. The van der Waals surface area contributed by atoms with Crippen molar-refractivity contribution in [3.05, 3.63) is 70.8 Å². The number of fused-ring (bicyclic) bond motifs is 1. The zero-order valence-electron chi connectivity index (χ0n) is 12.6. The second-order valence-electron chi connectivity index (χ2n) is 5.24. The van der Waals surface area contributed by atoms with E-state index in [-0.39, 0.29) is 22.4 Å². The molecule has 2 aromatic carbocycles. The molecule has 0 bridgehead atoms. The predicted molar refractivity (Wildman–Crippen MR) is 82.4 cm³/mol. The van der Waals surface area contributed by atoms with Gasteiger partial charge in [0.25, 0.3) is 11.8 Å². The quantitative estimate of drug-likeness (QED) is 0.555. The number of hydrogen-bond donors (Lipinski definition) is 0. The Balaban J connectivity index is 2.01. The van der Waals surface area contributed by atoms with Crippen molar-refractivity contribution in [3.8, 4) is 0 Å². The summed E-state index contributed by atoms with van der Waals surface area (Å²) in [6.07, 6.45) is 2.10. The molecular weight excluding hydrogens is 326 g/mol. The topological polar surface area (TPSA) is 118 Å². The smallest absolute Gasteiger partial charge is 0.266 e. The number of aromatic carboxylic acids is 1. The molecule has 1 aliphatic heterocycles. The lowest BCUT2D eigenvalue weighted by molar-refractivity contribution is -0.297. The number of hydrogen-bond acceptors (Lipinski definition) is 6. The fourth-order valence-electron chi connectivity index (χ4n) is 2.53. The maximum atomic E-state index is 12.5. The molecule has 0 aromatic heterocycles. The monoisotopic (exact) mass is 335 g/mol. The molecule has 0 N–H and O–H groups in total. The lowest BCUT2D eigenvalue weighted by Gasteiger charge is -2.14. The summed E-state index contributed by atoms with van der Waals surface area (Å²) < 4.78 is 0. The zero-order chi connectivity index (χ0) is 18.1.